The van der Waals surface area contributed by atoms with Gasteiger partial charge >= 0.3 is 5.56 Å². The molecular weight excluding hydrogens is 468 g/mol. The average molecular weight is 502 g/mol. The SMILES string of the molecule is COc1cc(OCC[S+](C)c2c(O)c3cccnc3n(C3CCCCC3)c2=O)cc(OC)c1OC. The van der Waals surface area contributed by atoms with Gasteiger partial charge in [0.1, 0.15) is 30.0 Å². The number of aromatic nitrogens is 2. The molecule has 0 spiro atoms. The molecule has 0 amide bonds. The summed E-state index contributed by atoms with van der Waals surface area (Å²) < 4.78 is 24.0. The minimum absolute atomic E-state index is 0.0313. The number of rotatable bonds is 9. The van der Waals surface area contributed by atoms with Gasteiger partial charge in [-0.1, -0.05) is 19.3 Å². The lowest BCUT2D eigenvalue weighted by atomic mass is 9.95. The normalized spacial score (nSPS) is 15.1. The highest BCUT2D eigenvalue weighted by Gasteiger charge is 2.32. The molecule has 0 saturated heterocycles. The van der Waals surface area contributed by atoms with E-state index >= 15 is 0 Å². The van der Waals surface area contributed by atoms with E-state index in [0.717, 1.165) is 25.7 Å². The van der Waals surface area contributed by atoms with Crippen molar-refractivity contribution in [1.82, 2.24) is 9.55 Å². The van der Waals surface area contributed by atoms with E-state index in [1.165, 1.54) is 6.42 Å². The highest BCUT2D eigenvalue weighted by Crippen LogP contribution is 2.41. The summed E-state index contributed by atoms with van der Waals surface area (Å²) >= 11 is 0. The summed E-state index contributed by atoms with van der Waals surface area (Å²) in [5.74, 6) is 2.68. The van der Waals surface area contributed by atoms with Crippen molar-refractivity contribution in [3.05, 3.63) is 40.8 Å². The molecule has 0 radical (unpaired) electrons. The van der Waals surface area contributed by atoms with Crippen LogP contribution in [0, 0.1) is 0 Å². The van der Waals surface area contributed by atoms with Gasteiger partial charge in [-0.25, -0.2) is 4.98 Å². The molecule has 1 aromatic carbocycles. The third kappa shape index (κ3) is 5.00. The van der Waals surface area contributed by atoms with Crippen LogP contribution in [-0.4, -0.2) is 54.6 Å². The van der Waals surface area contributed by atoms with E-state index in [4.69, 9.17) is 18.9 Å². The Morgan fingerprint density at radius 2 is 1.77 bits per heavy atom. The standard InChI is InChI=1S/C26H32N2O6S/c1-31-20-15-18(16-21(32-2)23(20)33-3)34-13-14-35(4)24-22(29)19-11-8-12-27-25(19)28(26(24)30)17-9-6-5-7-10-17/h8,11-12,15-17H,5-7,9-10,13-14H2,1-4H3/p+1. The molecule has 4 rings (SSSR count). The molecule has 3 aromatic rings. The molecule has 1 atom stereocenters. The van der Waals surface area contributed by atoms with Crippen LogP contribution in [0.15, 0.2) is 40.2 Å². The molecule has 1 aliphatic carbocycles. The van der Waals surface area contributed by atoms with Gasteiger partial charge in [-0.2, -0.15) is 0 Å². The second kappa shape index (κ2) is 11.1. The Hall–Kier alpha value is -3.07. The summed E-state index contributed by atoms with van der Waals surface area (Å²) in [5.41, 5.74) is 0.426. The van der Waals surface area contributed by atoms with Gasteiger partial charge in [-0.3, -0.25) is 9.36 Å². The maximum absolute atomic E-state index is 13.7. The number of aromatic hydroxyl groups is 1. The van der Waals surface area contributed by atoms with Crippen molar-refractivity contribution in [2.75, 3.05) is 39.9 Å². The van der Waals surface area contributed by atoms with Crippen LogP contribution in [0.1, 0.15) is 38.1 Å². The fourth-order valence-electron chi connectivity index (χ4n) is 4.72. The zero-order valence-corrected chi connectivity index (χ0v) is 21.5. The fraction of sp³-hybridized carbons (Fsp3) is 0.462. The number of benzene rings is 1. The lowest BCUT2D eigenvalue weighted by Gasteiger charge is -2.25. The Kier molecular flexibility index (Phi) is 7.95. The molecule has 1 fully saturated rings. The van der Waals surface area contributed by atoms with Crippen LogP contribution in [0.5, 0.6) is 28.7 Å². The molecule has 188 valence electrons. The molecule has 35 heavy (non-hydrogen) atoms. The lowest BCUT2D eigenvalue weighted by molar-refractivity contribution is 0.309. The third-order valence-electron chi connectivity index (χ3n) is 6.48. The minimum Gasteiger partial charge on any atom is -0.503 e. The highest BCUT2D eigenvalue weighted by atomic mass is 32.2. The number of fused-ring (bicyclic) bond motifs is 1. The summed E-state index contributed by atoms with van der Waals surface area (Å²) in [5, 5.41) is 11.7. The van der Waals surface area contributed by atoms with Crippen molar-refractivity contribution in [3.63, 3.8) is 0 Å². The molecule has 8 nitrogen and oxygen atoms in total. The van der Waals surface area contributed by atoms with E-state index in [-0.39, 0.29) is 17.4 Å². The number of hydrogen-bond acceptors (Lipinski definition) is 7. The summed E-state index contributed by atoms with van der Waals surface area (Å²) in [6, 6.07) is 7.22. The predicted octanol–water partition coefficient (Wildman–Crippen LogP) is 4.32. The maximum Gasteiger partial charge on any atom is 0.311 e. The maximum atomic E-state index is 13.7. The quantitative estimate of drug-likeness (QED) is 0.437. The Morgan fingerprint density at radius 1 is 1.09 bits per heavy atom. The zero-order chi connectivity index (χ0) is 24.9. The van der Waals surface area contributed by atoms with Gasteiger partial charge in [0.25, 0.3) is 4.90 Å². The third-order valence-corrected chi connectivity index (χ3v) is 8.33. The van der Waals surface area contributed by atoms with Crippen LogP contribution < -0.4 is 24.5 Å². The van der Waals surface area contributed by atoms with Crippen LogP contribution in [0.2, 0.25) is 0 Å². The van der Waals surface area contributed by atoms with Gasteiger partial charge in [0.2, 0.25) is 5.75 Å². The zero-order valence-electron chi connectivity index (χ0n) is 20.7. The van der Waals surface area contributed by atoms with Crippen LogP contribution >= 0.6 is 0 Å². The van der Waals surface area contributed by atoms with E-state index in [1.54, 1.807) is 45.7 Å². The number of methoxy groups -OCH3 is 3. The van der Waals surface area contributed by atoms with Crippen molar-refractivity contribution in [3.8, 4) is 28.7 Å². The first-order valence-corrected chi connectivity index (χ1v) is 13.6. The molecule has 1 saturated carbocycles. The lowest BCUT2D eigenvalue weighted by Crippen LogP contribution is -2.32. The molecule has 0 aliphatic heterocycles. The minimum atomic E-state index is -0.545. The van der Waals surface area contributed by atoms with Gasteiger partial charge in [0.15, 0.2) is 17.2 Å². The first-order valence-electron chi connectivity index (χ1n) is 11.8. The predicted molar refractivity (Wildman–Crippen MR) is 138 cm³/mol. The monoisotopic (exact) mass is 501 g/mol. The number of pyridine rings is 2. The molecule has 1 unspecified atom stereocenters. The van der Waals surface area contributed by atoms with Gasteiger partial charge in [0.05, 0.1) is 26.7 Å². The summed E-state index contributed by atoms with van der Waals surface area (Å²) in [6.45, 7) is 0.353. The van der Waals surface area contributed by atoms with Crippen LogP contribution in [0.25, 0.3) is 11.0 Å². The highest BCUT2D eigenvalue weighted by molar-refractivity contribution is 7.96. The van der Waals surface area contributed by atoms with Crippen LogP contribution in [0.3, 0.4) is 0 Å². The molecule has 1 N–H and O–H groups in total. The van der Waals surface area contributed by atoms with Crippen LogP contribution in [0.4, 0.5) is 0 Å². The summed E-state index contributed by atoms with van der Waals surface area (Å²) in [7, 11) is 4.12. The molecular formula is C26H33N2O6S+. The van der Waals surface area contributed by atoms with Crippen molar-refractivity contribution in [1.29, 1.82) is 0 Å². The number of ether oxygens (including phenoxy) is 4. The van der Waals surface area contributed by atoms with E-state index in [9.17, 15) is 9.90 Å². The molecule has 2 heterocycles. The number of hydrogen-bond donors (Lipinski definition) is 1. The number of nitrogens with zero attached hydrogens (tertiary/aromatic N) is 2. The van der Waals surface area contributed by atoms with E-state index in [1.807, 2.05) is 16.9 Å². The topological polar surface area (TPSA) is 92.0 Å². The van der Waals surface area contributed by atoms with E-state index in [2.05, 4.69) is 4.98 Å². The summed E-state index contributed by atoms with van der Waals surface area (Å²) in [4.78, 5) is 18.6. The van der Waals surface area contributed by atoms with Gasteiger partial charge in [-0.15, -0.1) is 0 Å². The summed E-state index contributed by atoms with van der Waals surface area (Å²) in [6.07, 6.45) is 8.96. The Labute approximate surface area is 208 Å². The van der Waals surface area contributed by atoms with Gasteiger partial charge in [-0.05, 0) is 25.0 Å². The van der Waals surface area contributed by atoms with Gasteiger partial charge in [0, 0.05) is 35.3 Å². The van der Waals surface area contributed by atoms with E-state index < -0.39 is 10.9 Å². The van der Waals surface area contributed by atoms with Crippen LogP contribution in [-0.2, 0) is 10.9 Å². The van der Waals surface area contributed by atoms with Crippen molar-refractivity contribution in [2.45, 2.75) is 43.0 Å². The molecule has 1 aliphatic rings. The second-order valence-electron chi connectivity index (χ2n) is 8.57. The fourth-order valence-corrected chi connectivity index (χ4v) is 6.10. The first kappa shape index (κ1) is 25.0. The molecule has 0 bridgehead atoms. The average Bonchev–Trinajstić information content (AvgIpc) is 2.88. The Bertz CT molecular complexity index is 1210. The van der Waals surface area contributed by atoms with Crippen molar-refractivity contribution < 1.29 is 24.1 Å². The van der Waals surface area contributed by atoms with Crippen molar-refractivity contribution >= 4 is 21.9 Å². The Morgan fingerprint density at radius 3 is 2.40 bits per heavy atom. The molecule has 2 aromatic heterocycles. The van der Waals surface area contributed by atoms with Crippen molar-refractivity contribution in [2.24, 2.45) is 0 Å². The first-order chi connectivity index (χ1) is 17.0. The second-order valence-corrected chi connectivity index (χ2v) is 10.7. The molecule has 9 heteroatoms. The Balaban J connectivity index is 1.60. The van der Waals surface area contributed by atoms with Gasteiger partial charge < -0.3 is 24.1 Å². The smallest absolute Gasteiger partial charge is 0.311 e. The van der Waals surface area contributed by atoms with E-state index in [0.29, 0.717) is 51.3 Å². The largest absolute Gasteiger partial charge is 0.503 e.